The Morgan fingerprint density at radius 3 is 2.24 bits per heavy atom. The molecule has 5 nitrogen and oxygen atoms in total. The first kappa shape index (κ1) is 18.4. The molecule has 0 aliphatic carbocycles. The number of nitrogens with one attached hydrogen (secondary N) is 1. The van der Waals surface area contributed by atoms with Crippen LogP contribution in [0.15, 0.2) is 104 Å². The van der Waals surface area contributed by atoms with Crippen molar-refractivity contribution in [1.82, 2.24) is 9.97 Å². The number of carbonyl (C=O) groups excluding carboxylic acids is 1. The van der Waals surface area contributed by atoms with Crippen LogP contribution in [0.4, 0.5) is 17.2 Å². The van der Waals surface area contributed by atoms with Crippen molar-refractivity contribution < 1.29 is 4.79 Å². The zero-order valence-corrected chi connectivity index (χ0v) is 15.8. The summed E-state index contributed by atoms with van der Waals surface area (Å²) < 4.78 is 0. The van der Waals surface area contributed by atoms with Crippen LogP contribution in [-0.4, -0.2) is 15.9 Å². The van der Waals surface area contributed by atoms with Gasteiger partial charge < -0.3 is 10.2 Å². The van der Waals surface area contributed by atoms with E-state index in [1.54, 1.807) is 24.5 Å². The molecule has 0 spiro atoms. The third-order valence-electron chi connectivity index (χ3n) is 4.46. The van der Waals surface area contributed by atoms with Gasteiger partial charge in [0.15, 0.2) is 0 Å². The predicted octanol–water partition coefficient (Wildman–Crippen LogP) is 5.07. The van der Waals surface area contributed by atoms with Crippen LogP contribution < -0.4 is 10.2 Å². The van der Waals surface area contributed by atoms with E-state index in [1.807, 2.05) is 48.5 Å². The van der Waals surface area contributed by atoms with E-state index in [2.05, 4.69) is 44.5 Å². The topological polar surface area (TPSA) is 58.1 Å². The van der Waals surface area contributed by atoms with E-state index in [4.69, 9.17) is 0 Å². The summed E-state index contributed by atoms with van der Waals surface area (Å²) in [5.74, 6) is 0.594. The van der Waals surface area contributed by atoms with Crippen molar-refractivity contribution in [2.45, 2.75) is 6.54 Å². The highest BCUT2D eigenvalue weighted by Gasteiger charge is 2.12. The second kappa shape index (κ2) is 8.80. The zero-order valence-electron chi connectivity index (χ0n) is 15.8. The Hall–Kier alpha value is -3.99. The summed E-state index contributed by atoms with van der Waals surface area (Å²) in [5, 5.41) is 2.85. The van der Waals surface area contributed by atoms with Crippen LogP contribution in [0.2, 0.25) is 0 Å². The molecule has 2 aromatic heterocycles. The van der Waals surface area contributed by atoms with Gasteiger partial charge >= 0.3 is 0 Å². The quantitative estimate of drug-likeness (QED) is 0.507. The minimum Gasteiger partial charge on any atom is -0.322 e. The van der Waals surface area contributed by atoms with Crippen LogP contribution in [0.25, 0.3) is 0 Å². The molecule has 0 unspecified atom stereocenters. The van der Waals surface area contributed by atoms with E-state index in [9.17, 15) is 4.79 Å². The number of benzene rings is 2. The highest BCUT2D eigenvalue weighted by atomic mass is 16.1. The molecule has 0 saturated carbocycles. The van der Waals surface area contributed by atoms with E-state index >= 15 is 0 Å². The average molecular weight is 380 g/mol. The molecule has 1 N–H and O–H groups in total. The van der Waals surface area contributed by atoms with E-state index in [0.29, 0.717) is 17.8 Å². The molecule has 0 bridgehead atoms. The van der Waals surface area contributed by atoms with Gasteiger partial charge in [-0.3, -0.25) is 9.78 Å². The summed E-state index contributed by atoms with van der Waals surface area (Å²) in [7, 11) is 0. The van der Waals surface area contributed by atoms with Crippen LogP contribution in [0.5, 0.6) is 0 Å². The first-order valence-electron chi connectivity index (χ1n) is 9.33. The van der Waals surface area contributed by atoms with Gasteiger partial charge in [-0.25, -0.2) is 4.98 Å². The van der Waals surface area contributed by atoms with Gasteiger partial charge in [0, 0.05) is 24.6 Å². The fourth-order valence-corrected chi connectivity index (χ4v) is 3.00. The Morgan fingerprint density at radius 1 is 0.828 bits per heavy atom. The van der Waals surface area contributed by atoms with Crippen LogP contribution >= 0.6 is 0 Å². The van der Waals surface area contributed by atoms with Gasteiger partial charge in [-0.15, -0.1) is 0 Å². The van der Waals surface area contributed by atoms with Crippen molar-refractivity contribution in [2.24, 2.45) is 0 Å². The van der Waals surface area contributed by atoms with Gasteiger partial charge in [-0.2, -0.15) is 0 Å². The maximum Gasteiger partial charge on any atom is 0.257 e. The molecule has 2 aromatic carbocycles. The first-order chi connectivity index (χ1) is 14.3. The summed E-state index contributed by atoms with van der Waals surface area (Å²) in [6, 6.07) is 27.6. The number of nitrogens with zero attached hydrogens (tertiary/aromatic N) is 3. The number of carbonyl (C=O) groups is 1. The first-order valence-corrected chi connectivity index (χ1v) is 9.33. The Balaban J connectivity index is 1.56. The molecule has 0 radical (unpaired) electrons. The number of para-hydroxylation sites is 1. The highest BCUT2D eigenvalue weighted by molar-refractivity contribution is 6.03. The molecular formula is C24H20N4O. The number of hydrogen-bond donors (Lipinski definition) is 1. The second-order valence-electron chi connectivity index (χ2n) is 6.51. The van der Waals surface area contributed by atoms with Crippen molar-refractivity contribution in [3.05, 3.63) is 115 Å². The summed E-state index contributed by atoms with van der Waals surface area (Å²) in [4.78, 5) is 23.0. The van der Waals surface area contributed by atoms with Crippen molar-refractivity contribution in [2.75, 3.05) is 10.2 Å². The summed E-state index contributed by atoms with van der Waals surface area (Å²) in [5.41, 5.74) is 3.38. The van der Waals surface area contributed by atoms with Crippen molar-refractivity contribution in [3.63, 3.8) is 0 Å². The van der Waals surface area contributed by atoms with Crippen LogP contribution in [0.1, 0.15) is 15.9 Å². The predicted molar refractivity (Wildman–Crippen MR) is 115 cm³/mol. The molecule has 0 saturated heterocycles. The lowest BCUT2D eigenvalue weighted by Crippen LogP contribution is -2.18. The Morgan fingerprint density at radius 2 is 1.59 bits per heavy atom. The maximum absolute atomic E-state index is 12.3. The smallest absolute Gasteiger partial charge is 0.257 e. The van der Waals surface area contributed by atoms with Gasteiger partial charge in [-0.1, -0.05) is 48.5 Å². The highest BCUT2D eigenvalue weighted by Crippen LogP contribution is 2.26. The monoisotopic (exact) mass is 380 g/mol. The van der Waals surface area contributed by atoms with Gasteiger partial charge in [0.05, 0.1) is 17.4 Å². The molecule has 4 aromatic rings. The average Bonchev–Trinajstić information content (AvgIpc) is 2.80. The molecule has 29 heavy (non-hydrogen) atoms. The summed E-state index contributed by atoms with van der Waals surface area (Å²) in [6.07, 6.45) is 4.84. The van der Waals surface area contributed by atoms with Gasteiger partial charge in [-0.05, 0) is 42.0 Å². The van der Waals surface area contributed by atoms with Crippen LogP contribution in [0, 0.1) is 0 Å². The van der Waals surface area contributed by atoms with E-state index in [1.165, 1.54) is 11.8 Å². The largest absolute Gasteiger partial charge is 0.322 e. The molecule has 0 aliphatic rings. The molecule has 142 valence electrons. The van der Waals surface area contributed by atoms with Gasteiger partial charge in [0.25, 0.3) is 5.91 Å². The van der Waals surface area contributed by atoms with Gasteiger partial charge in [0.2, 0.25) is 0 Å². The minimum atomic E-state index is -0.211. The fraction of sp³-hybridized carbons (Fsp3) is 0.0417. The van der Waals surface area contributed by atoms with E-state index in [0.717, 1.165) is 11.5 Å². The lowest BCUT2D eigenvalue weighted by Gasteiger charge is -2.24. The SMILES string of the molecule is O=C(Nc1ccc(N(Cc2ccccc2)c2ccccc2)nc1)c1cccnc1. The molecule has 0 fully saturated rings. The van der Waals surface area contributed by atoms with Crippen LogP contribution in [-0.2, 0) is 6.54 Å². The molecule has 4 rings (SSSR count). The maximum atomic E-state index is 12.3. The molecule has 5 heteroatoms. The Labute approximate surface area is 169 Å². The number of anilines is 3. The molecular weight excluding hydrogens is 360 g/mol. The molecule has 0 aliphatic heterocycles. The minimum absolute atomic E-state index is 0.211. The number of pyridine rings is 2. The molecule has 1 amide bonds. The van der Waals surface area contributed by atoms with Crippen molar-refractivity contribution in [3.8, 4) is 0 Å². The lowest BCUT2D eigenvalue weighted by atomic mass is 10.2. The second-order valence-corrected chi connectivity index (χ2v) is 6.51. The number of hydrogen-bond acceptors (Lipinski definition) is 4. The summed E-state index contributed by atoms with van der Waals surface area (Å²) >= 11 is 0. The van der Waals surface area contributed by atoms with E-state index in [-0.39, 0.29) is 5.91 Å². The number of rotatable bonds is 6. The van der Waals surface area contributed by atoms with Crippen molar-refractivity contribution >= 4 is 23.1 Å². The third kappa shape index (κ3) is 4.65. The Bertz CT molecular complexity index is 1050. The zero-order chi connectivity index (χ0) is 19.9. The fourth-order valence-electron chi connectivity index (χ4n) is 3.00. The Kier molecular flexibility index (Phi) is 5.58. The molecule has 2 heterocycles. The standard InChI is InChI=1S/C24H20N4O/c29-24(20-10-7-15-25-16-20)27-21-13-14-23(26-17-21)28(22-11-5-2-6-12-22)18-19-8-3-1-4-9-19/h1-17H,18H2,(H,27,29). The third-order valence-corrected chi connectivity index (χ3v) is 4.46. The number of aromatic nitrogens is 2. The molecule has 0 atom stereocenters. The normalized spacial score (nSPS) is 10.3. The van der Waals surface area contributed by atoms with Crippen molar-refractivity contribution in [1.29, 1.82) is 0 Å². The summed E-state index contributed by atoms with van der Waals surface area (Å²) in [6.45, 7) is 0.694. The van der Waals surface area contributed by atoms with E-state index < -0.39 is 0 Å². The number of amides is 1. The lowest BCUT2D eigenvalue weighted by molar-refractivity contribution is 0.102. The van der Waals surface area contributed by atoms with Gasteiger partial charge in [0.1, 0.15) is 5.82 Å². The van der Waals surface area contributed by atoms with Crippen LogP contribution in [0.3, 0.4) is 0 Å².